The highest BCUT2D eigenvalue weighted by molar-refractivity contribution is 6.29. The zero-order chi connectivity index (χ0) is 42.6. The lowest BCUT2D eigenvalue weighted by molar-refractivity contribution is 1.08. The van der Waals surface area contributed by atoms with Gasteiger partial charge >= 0.3 is 0 Å². The summed E-state index contributed by atoms with van der Waals surface area (Å²) in [6.45, 7) is 0. The summed E-state index contributed by atoms with van der Waals surface area (Å²) >= 11 is 0. The van der Waals surface area contributed by atoms with Crippen molar-refractivity contribution in [1.29, 1.82) is 0 Å². The summed E-state index contributed by atoms with van der Waals surface area (Å²) in [5.74, 6) is 0.802. The van der Waals surface area contributed by atoms with Crippen molar-refractivity contribution in [3.63, 3.8) is 0 Å². The normalized spacial score (nSPS) is 12.0. The molecule has 0 saturated carbocycles. The van der Waals surface area contributed by atoms with Crippen LogP contribution in [0.1, 0.15) is 0 Å². The van der Waals surface area contributed by atoms with E-state index >= 15 is 0 Å². The fourth-order valence-electron chi connectivity index (χ4n) is 10.6. The molecule has 0 aliphatic carbocycles. The first-order chi connectivity index (χ1) is 32.3. The fourth-order valence-corrected chi connectivity index (χ4v) is 10.6. The highest BCUT2D eigenvalue weighted by atomic mass is 15.1. The van der Waals surface area contributed by atoms with Crippen molar-refractivity contribution in [2.24, 2.45) is 0 Å². The molecule has 4 aromatic heterocycles. The van der Waals surface area contributed by atoms with Gasteiger partial charge in [-0.3, -0.25) is 4.57 Å². The van der Waals surface area contributed by atoms with Crippen molar-refractivity contribution in [3.05, 3.63) is 224 Å². The zero-order valence-corrected chi connectivity index (χ0v) is 35.1. The number of para-hydroxylation sites is 5. The average Bonchev–Trinajstić information content (AvgIpc) is 4.01. The third-order valence-corrected chi connectivity index (χ3v) is 13.4. The quantitative estimate of drug-likeness (QED) is 0.173. The third kappa shape index (κ3) is 5.27. The second-order valence-corrected chi connectivity index (χ2v) is 16.9. The molecule has 0 radical (unpaired) electrons. The van der Waals surface area contributed by atoms with Gasteiger partial charge in [-0.25, -0.2) is 9.97 Å². The molecule has 0 bridgehead atoms. The third-order valence-electron chi connectivity index (χ3n) is 13.4. The highest BCUT2D eigenvalue weighted by Crippen LogP contribution is 2.44. The molecule has 0 aliphatic heterocycles. The van der Waals surface area contributed by atoms with Crippen molar-refractivity contribution >= 4 is 87.2 Å². The van der Waals surface area contributed by atoms with Gasteiger partial charge in [-0.1, -0.05) is 158 Å². The Morgan fingerprint density at radius 3 is 1.54 bits per heavy atom. The van der Waals surface area contributed by atoms with Crippen LogP contribution < -0.4 is 0 Å². The maximum absolute atomic E-state index is 5.50. The van der Waals surface area contributed by atoms with Crippen molar-refractivity contribution < 1.29 is 0 Å². The van der Waals surface area contributed by atoms with Gasteiger partial charge < -0.3 is 9.13 Å². The van der Waals surface area contributed by atoms with Crippen LogP contribution in [0.3, 0.4) is 0 Å². The first-order valence-corrected chi connectivity index (χ1v) is 22.2. The van der Waals surface area contributed by atoms with Crippen LogP contribution in [-0.4, -0.2) is 23.7 Å². The minimum absolute atomic E-state index is 0.802. The number of hydrogen-bond acceptors (Lipinski definition) is 2. The van der Waals surface area contributed by atoms with Crippen molar-refractivity contribution in [2.45, 2.75) is 0 Å². The molecule has 5 heteroatoms. The Morgan fingerprint density at radius 1 is 0.292 bits per heavy atom. The molecule has 0 amide bonds. The lowest BCUT2D eigenvalue weighted by atomic mass is 10.0. The van der Waals surface area contributed by atoms with Crippen molar-refractivity contribution in [2.75, 3.05) is 0 Å². The maximum atomic E-state index is 5.50. The van der Waals surface area contributed by atoms with Gasteiger partial charge in [0.05, 0.1) is 44.1 Å². The predicted octanol–water partition coefficient (Wildman–Crippen LogP) is 15.4. The summed E-state index contributed by atoms with van der Waals surface area (Å²) in [5.41, 5.74) is 15.0. The molecule has 0 atom stereocenters. The van der Waals surface area contributed by atoms with Crippen LogP contribution in [0.5, 0.6) is 0 Å². The van der Waals surface area contributed by atoms with Gasteiger partial charge in [0.25, 0.3) is 0 Å². The molecule has 14 rings (SSSR count). The largest absolute Gasteiger partial charge is 0.309 e. The number of rotatable bonds is 5. The molecule has 0 unspecified atom stereocenters. The Labute approximate surface area is 373 Å². The van der Waals surface area contributed by atoms with Gasteiger partial charge in [-0.2, -0.15) is 0 Å². The van der Waals surface area contributed by atoms with Gasteiger partial charge in [0, 0.05) is 49.3 Å². The molecule has 0 fully saturated rings. The Hall–Kier alpha value is -8.80. The number of hydrogen-bond donors (Lipinski definition) is 0. The summed E-state index contributed by atoms with van der Waals surface area (Å²) in [6.07, 6.45) is 0. The van der Waals surface area contributed by atoms with E-state index in [4.69, 9.17) is 9.97 Å². The van der Waals surface area contributed by atoms with Gasteiger partial charge in [0.15, 0.2) is 5.82 Å². The van der Waals surface area contributed by atoms with Crippen molar-refractivity contribution in [1.82, 2.24) is 23.7 Å². The molecule has 302 valence electrons. The molecule has 10 aromatic carbocycles. The first kappa shape index (κ1) is 35.8. The van der Waals surface area contributed by atoms with E-state index in [-0.39, 0.29) is 0 Å². The molecule has 0 spiro atoms. The second kappa shape index (κ2) is 13.9. The van der Waals surface area contributed by atoms with E-state index in [9.17, 15) is 0 Å². The zero-order valence-electron chi connectivity index (χ0n) is 35.1. The Morgan fingerprint density at radius 2 is 0.815 bits per heavy atom. The van der Waals surface area contributed by atoms with E-state index < -0.39 is 0 Å². The van der Waals surface area contributed by atoms with E-state index in [2.05, 4.69) is 226 Å². The molecule has 14 aromatic rings. The van der Waals surface area contributed by atoms with Gasteiger partial charge in [0.2, 0.25) is 0 Å². The van der Waals surface area contributed by atoms with Gasteiger partial charge in [-0.05, 0) is 88.6 Å². The van der Waals surface area contributed by atoms with Crippen molar-refractivity contribution in [3.8, 4) is 39.6 Å². The van der Waals surface area contributed by atoms with Crippen LogP contribution in [0.2, 0.25) is 0 Å². The Kier molecular flexibility index (Phi) is 7.62. The van der Waals surface area contributed by atoms with E-state index in [0.717, 1.165) is 72.3 Å². The minimum Gasteiger partial charge on any atom is -0.309 e. The molecule has 0 N–H and O–H groups in total. The lowest BCUT2D eigenvalue weighted by Gasteiger charge is -2.16. The van der Waals surface area contributed by atoms with E-state index in [0.29, 0.717) is 0 Å². The fraction of sp³-hybridized carbons (Fsp3) is 0. The second-order valence-electron chi connectivity index (χ2n) is 16.9. The molecular formula is C60H37N5. The summed E-state index contributed by atoms with van der Waals surface area (Å²) in [6, 6.07) is 80.8. The SMILES string of the molecule is c1ccc(-c2cccc(-n3c4ccccc4c4c5c6ccccc6n(-c6ccc7c8ccccc8n(-c8nc9ccccc9nc8-c8cccc9ccccc89)c7c6)c5ccc43)c2)cc1. The topological polar surface area (TPSA) is 40.6 Å². The van der Waals surface area contributed by atoms with E-state index in [1.54, 1.807) is 0 Å². The molecular weight excluding hydrogens is 791 g/mol. The van der Waals surface area contributed by atoms with E-state index in [1.165, 1.54) is 54.5 Å². The van der Waals surface area contributed by atoms with Gasteiger partial charge in [0.1, 0.15) is 5.69 Å². The van der Waals surface area contributed by atoms with Crippen LogP contribution in [0.15, 0.2) is 224 Å². The number of fused-ring (bicyclic) bond motifs is 12. The highest BCUT2D eigenvalue weighted by Gasteiger charge is 2.24. The summed E-state index contributed by atoms with van der Waals surface area (Å²) in [5, 5.41) is 9.57. The van der Waals surface area contributed by atoms with E-state index in [1.807, 2.05) is 12.1 Å². The van der Waals surface area contributed by atoms with Crippen LogP contribution in [0.4, 0.5) is 0 Å². The summed E-state index contributed by atoms with van der Waals surface area (Å²) in [4.78, 5) is 10.9. The monoisotopic (exact) mass is 827 g/mol. The van der Waals surface area contributed by atoms with Crippen LogP contribution in [0, 0.1) is 0 Å². The Bertz CT molecular complexity index is 4240. The van der Waals surface area contributed by atoms with Crippen LogP contribution in [0.25, 0.3) is 127 Å². The maximum Gasteiger partial charge on any atom is 0.165 e. The first-order valence-electron chi connectivity index (χ1n) is 22.2. The molecule has 5 nitrogen and oxygen atoms in total. The molecule has 4 heterocycles. The van der Waals surface area contributed by atoms with Gasteiger partial charge in [-0.15, -0.1) is 0 Å². The van der Waals surface area contributed by atoms with Crippen LogP contribution >= 0.6 is 0 Å². The molecule has 65 heavy (non-hydrogen) atoms. The standard InChI is InChI=1S/C60H37N5/c1-2-16-38(17-3-1)40-20-14-21-41(36-40)63-52-30-12-7-24-47(52)57-54(63)34-35-55-58(57)48-25-8-13-31-53(48)64(55)42-32-33-45-44-23-6-11-29-51(44)65(56(45)37-42)60-59(61-49-27-9-10-28-50(49)62-60)46-26-15-19-39-18-4-5-22-43(39)46/h1-37H. The number of benzene rings is 10. The summed E-state index contributed by atoms with van der Waals surface area (Å²) in [7, 11) is 0. The number of aromatic nitrogens is 5. The number of nitrogens with zero attached hydrogens (tertiary/aromatic N) is 5. The van der Waals surface area contributed by atoms with Crippen LogP contribution in [-0.2, 0) is 0 Å². The molecule has 0 aliphatic rings. The Balaban J connectivity index is 1.05. The predicted molar refractivity (Wildman–Crippen MR) is 271 cm³/mol. The average molecular weight is 828 g/mol. The lowest BCUT2D eigenvalue weighted by Crippen LogP contribution is -2.04. The summed E-state index contributed by atoms with van der Waals surface area (Å²) < 4.78 is 7.23. The smallest absolute Gasteiger partial charge is 0.165 e. The molecule has 0 saturated heterocycles. The minimum atomic E-state index is 0.802.